The standard InChI is InChI=1S/C19H24O2/c1-2-19-8-7-16-15-6-4-13(20)9-12(15)3-5-17(16)18(19)10-14(21)11-19/h4,6,9,14,18,20-21H,2-3,5,7-8,10-11H2,1H3/t14-,18+,19-/m1/s1. The van der Waals surface area contributed by atoms with Crippen molar-refractivity contribution in [3.63, 3.8) is 0 Å². The lowest BCUT2D eigenvalue weighted by Gasteiger charge is -2.43. The fourth-order valence-corrected chi connectivity index (χ4v) is 5.30. The van der Waals surface area contributed by atoms with Crippen molar-refractivity contribution >= 4 is 5.57 Å². The highest BCUT2D eigenvalue weighted by Crippen LogP contribution is 2.59. The third kappa shape index (κ3) is 1.88. The second kappa shape index (κ2) is 4.61. The van der Waals surface area contributed by atoms with Crippen molar-refractivity contribution in [2.24, 2.45) is 11.3 Å². The van der Waals surface area contributed by atoms with E-state index in [0.717, 1.165) is 32.1 Å². The summed E-state index contributed by atoms with van der Waals surface area (Å²) < 4.78 is 0. The fraction of sp³-hybridized carbons (Fsp3) is 0.579. The van der Waals surface area contributed by atoms with Gasteiger partial charge < -0.3 is 10.2 Å². The van der Waals surface area contributed by atoms with Gasteiger partial charge in [0.2, 0.25) is 0 Å². The molecule has 2 N–H and O–H groups in total. The quantitative estimate of drug-likeness (QED) is 0.816. The first-order chi connectivity index (χ1) is 10.1. The predicted molar refractivity (Wildman–Crippen MR) is 84.0 cm³/mol. The minimum atomic E-state index is -0.108. The molecule has 3 aliphatic rings. The number of aliphatic hydroxyl groups is 1. The zero-order chi connectivity index (χ0) is 14.6. The van der Waals surface area contributed by atoms with Crippen LogP contribution in [-0.4, -0.2) is 16.3 Å². The highest BCUT2D eigenvalue weighted by Gasteiger charge is 2.49. The molecule has 1 aromatic rings. The maximum atomic E-state index is 10.2. The molecule has 1 aromatic carbocycles. The van der Waals surface area contributed by atoms with Gasteiger partial charge in [0.15, 0.2) is 0 Å². The van der Waals surface area contributed by atoms with Crippen LogP contribution in [0.4, 0.5) is 0 Å². The Morgan fingerprint density at radius 2 is 2.10 bits per heavy atom. The molecular weight excluding hydrogens is 260 g/mol. The molecule has 0 heterocycles. The van der Waals surface area contributed by atoms with Crippen LogP contribution in [0.2, 0.25) is 0 Å². The Bertz CT molecular complexity index is 616. The van der Waals surface area contributed by atoms with E-state index in [0.29, 0.717) is 17.1 Å². The van der Waals surface area contributed by atoms with Gasteiger partial charge in [-0.15, -0.1) is 0 Å². The highest BCUT2D eigenvalue weighted by molar-refractivity contribution is 5.75. The van der Waals surface area contributed by atoms with Crippen LogP contribution < -0.4 is 0 Å². The average molecular weight is 284 g/mol. The number of phenolic OH excluding ortho intramolecular Hbond substituents is 1. The number of hydrogen-bond donors (Lipinski definition) is 2. The van der Waals surface area contributed by atoms with E-state index in [9.17, 15) is 10.2 Å². The highest BCUT2D eigenvalue weighted by atomic mass is 16.3. The largest absolute Gasteiger partial charge is 0.508 e. The molecule has 4 rings (SSSR count). The molecule has 0 bridgehead atoms. The molecule has 1 saturated carbocycles. The van der Waals surface area contributed by atoms with Crippen LogP contribution in [-0.2, 0) is 6.42 Å². The van der Waals surface area contributed by atoms with E-state index in [1.807, 2.05) is 12.1 Å². The first-order valence-corrected chi connectivity index (χ1v) is 8.35. The molecule has 0 radical (unpaired) electrons. The summed E-state index contributed by atoms with van der Waals surface area (Å²) in [6, 6.07) is 5.85. The molecular formula is C19H24O2. The molecule has 21 heavy (non-hydrogen) atoms. The molecule has 0 aromatic heterocycles. The van der Waals surface area contributed by atoms with E-state index in [2.05, 4.69) is 13.0 Å². The Morgan fingerprint density at radius 1 is 1.24 bits per heavy atom. The third-order valence-corrected chi connectivity index (χ3v) is 6.35. The Balaban J connectivity index is 1.81. The molecule has 2 nitrogen and oxygen atoms in total. The van der Waals surface area contributed by atoms with Crippen molar-refractivity contribution in [1.29, 1.82) is 0 Å². The summed E-state index contributed by atoms with van der Waals surface area (Å²) in [5, 5.41) is 19.9. The zero-order valence-electron chi connectivity index (χ0n) is 12.7. The van der Waals surface area contributed by atoms with Crippen LogP contribution in [0.1, 0.15) is 56.6 Å². The SMILES string of the molecule is CC[C@]12CCC3=C(CCc4cc(O)ccc43)[C@@H]1C[C@@H](O)C2. The van der Waals surface area contributed by atoms with E-state index < -0.39 is 0 Å². The number of hydrogen-bond acceptors (Lipinski definition) is 2. The Kier molecular flexibility index (Phi) is 2.94. The number of aromatic hydroxyl groups is 1. The lowest BCUT2D eigenvalue weighted by Crippen LogP contribution is -2.32. The zero-order valence-corrected chi connectivity index (χ0v) is 12.7. The van der Waals surface area contributed by atoms with Crippen LogP contribution >= 0.6 is 0 Å². The van der Waals surface area contributed by atoms with E-state index in [1.165, 1.54) is 29.5 Å². The topological polar surface area (TPSA) is 40.5 Å². The van der Waals surface area contributed by atoms with Gasteiger partial charge >= 0.3 is 0 Å². The van der Waals surface area contributed by atoms with E-state index >= 15 is 0 Å². The van der Waals surface area contributed by atoms with Crippen molar-refractivity contribution in [2.75, 3.05) is 0 Å². The minimum Gasteiger partial charge on any atom is -0.508 e. The van der Waals surface area contributed by atoms with Gasteiger partial charge in [-0.05, 0) is 85.1 Å². The van der Waals surface area contributed by atoms with Gasteiger partial charge in [-0.3, -0.25) is 0 Å². The molecule has 0 amide bonds. The summed E-state index contributed by atoms with van der Waals surface area (Å²) >= 11 is 0. The number of phenols is 1. The maximum Gasteiger partial charge on any atom is 0.115 e. The second-order valence-corrected chi connectivity index (χ2v) is 7.21. The molecule has 0 unspecified atom stereocenters. The number of aryl methyl sites for hydroxylation is 1. The Labute approximate surface area is 126 Å². The van der Waals surface area contributed by atoms with Gasteiger partial charge in [0.1, 0.15) is 5.75 Å². The molecule has 0 aliphatic heterocycles. The molecule has 1 fully saturated rings. The minimum absolute atomic E-state index is 0.108. The Hall–Kier alpha value is -1.28. The number of benzene rings is 1. The smallest absolute Gasteiger partial charge is 0.115 e. The molecule has 112 valence electrons. The summed E-state index contributed by atoms with van der Waals surface area (Å²) in [7, 11) is 0. The molecule has 3 atom stereocenters. The normalized spacial score (nSPS) is 34.4. The van der Waals surface area contributed by atoms with Gasteiger partial charge in [0, 0.05) is 0 Å². The second-order valence-electron chi connectivity index (χ2n) is 7.21. The van der Waals surface area contributed by atoms with Gasteiger partial charge in [0.05, 0.1) is 6.10 Å². The van der Waals surface area contributed by atoms with Crippen LogP contribution in [0.3, 0.4) is 0 Å². The number of rotatable bonds is 1. The van der Waals surface area contributed by atoms with E-state index in [-0.39, 0.29) is 6.10 Å². The van der Waals surface area contributed by atoms with E-state index in [1.54, 1.807) is 5.57 Å². The lowest BCUT2D eigenvalue weighted by molar-refractivity contribution is 0.145. The molecule has 2 heteroatoms. The van der Waals surface area contributed by atoms with Crippen LogP contribution in [0.25, 0.3) is 5.57 Å². The van der Waals surface area contributed by atoms with Crippen molar-refractivity contribution in [3.8, 4) is 5.75 Å². The fourth-order valence-electron chi connectivity index (χ4n) is 5.30. The summed E-state index contributed by atoms with van der Waals surface area (Å²) in [4.78, 5) is 0. The lowest BCUT2D eigenvalue weighted by atomic mass is 9.61. The predicted octanol–water partition coefficient (Wildman–Crippen LogP) is 4.05. The monoisotopic (exact) mass is 284 g/mol. The molecule has 0 spiro atoms. The third-order valence-electron chi connectivity index (χ3n) is 6.35. The first kappa shape index (κ1) is 13.4. The summed E-state index contributed by atoms with van der Waals surface area (Å²) in [5.74, 6) is 0.969. The number of fused-ring (bicyclic) bond motifs is 4. The average Bonchev–Trinajstić information content (AvgIpc) is 2.83. The summed E-state index contributed by atoms with van der Waals surface area (Å²) in [5.41, 5.74) is 6.17. The summed E-state index contributed by atoms with van der Waals surface area (Å²) in [6.45, 7) is 2.30. The van der Waals surface area contributed by atoms with Gasteiger partial charge in [-0.2, -0.15) is 0 Å². The summed E-state index contributed by atoms with van der Waals surface area (Å²) in [6.07, 6.45) is 7.54. The van der Waals surface area contributed by atoms with Crippen LogP contribution in [0.5, 0.6) is 5.75 Å². The maximum absolute atomic E-state index is 10.2. The van der Waals surface area contributed by atoms with Crippen LogP contribution in [0.15, 0.2) is 23.8 Å². The van der Waals surface area contributed by atoms with Crippen molar-refractivity contribution in [1.82, 2.24) is 0 Å². The van der Waals surface area contributed by atoms with Gasteiger partial charge in [-0.1, -0.05) is 18.6 Å². The van der Waals surface area contributed by atoms with E-state index in [4.69, 9.17) is 0 Å². The van der Waals surface area contributed by atoms with Crippen molar-refractivity contribution < 1.29 is 10.2 Å². The number of allylic oxidation sites excluding steroid dienone is 2. The van der Waals surface area contributed by atoms with Crippen molar-refractivity contribution in [2.45, 2.75) is 58.0 Å². The van der Waals surface area contributed by atoms with Crippen LogP contribution in [0, 0.1) is 11.3 Å². The van der Waals surface area contributed by atoms with Gasteiger partial charge in [-0.25, -0.2) is 0 Å². The number of aliphatic hydroxyl groups excluding tert-OH is 1. The van der Waals surface area contributed by atoms with Crippen molar-refractivity contribution in [3.05, 3.63) is 34.9 Å². The molecule has 0 saturated heterocycles. The Morgan fingerprint density at radius 3 is 2.90 bits per heavy atom. The first-order valence-electron chi connectivity index (χ1n) is 8.35. The molecule has 3 aliphatic carbocycles. The van der Waals surface area contributed by atoms with Gasteiger partial charge in [0.25, 0.3) is 0 Å².